The van der Waals surface area contributed by atoms with E-state index in [1.807, 2.05) is 26.1 Å². The second kappa shape index (κ2) is 6.96. The molecule has 1 rings (SSSR count). The van der Waals surface area contributed by atoms with Crippen molar-refractivity contribution >= 4 is 11.7 Å². The van der Waals surface area contributed by atoms with E-state index in [1.165, 1.54) is 0 Å². The molecular weight excluding hydrogens is 228 g/mol. The van der Waals surface area contributed by atoms with Gasteiger partial charge in [-0.15, -0.1) is 0 Å². The number of pyridine rings is 1. The highest BCUT2D eigenvalue weighted by Crippen LogP contribution is 2.14. The topological polar surface area (TPSA) is 86.2 Å². The third kappa shape index (κ3) is 4.33. The van der Waals surface area contributed by atoms with Gasteiger partial charge in [-0.25, -0.2) is 4.98 Å². The molecule has 100 valence electrons. The van der Waals surface area contributed by atoms with Gasteiger partial charge in [-0.3, -0.25) is 5.41 Å². The minimum absolute atomic E-state index is 0.0652. The molecule has 0 spiro atoms. The van der Waals surface area contributed by atoms with Gasteiger partial charge in [-0.1, -0.05) is 0 Å². The molecule has 1 aromatic rings. The fourth-order valence-corrected chi connectivity index (χ4v) is 1.75. The summed E-state index contributed by atoms with van der Waals surface area (Å²) in [5, 5.41) is 16.2. The van der Waals surface area contributed by atoms with Crippen LogP contribution in [0.2, 0.25) is 0 Å². The van der Waals surface area contributed by atoms with E-state index in [0.717, 1.165) is 37.3 Å². The number of unbranched alkanes of at least 4 members (excludes halogenated alkanes) is 2. The first-order valence-electron chi connectivity index (χ1n) is 6.19. The van der Waals surface area contributed by atoms with Gasteiger partial charge in [-0.2, -0.15) is 0 Å². The lowest BCUT2D eigenvalue weighted by atomic mass is 10.2. The molecule has 0 unspecified atom stereocenters. The van der Waals surface area contributed by atoms with Crippen LogP contribution < -0.4 is 10.6 Å². The smallest absolute Gasteiger partial charge is 0.129 e. The van der Waals surface area contributed by atoms with Crippen LogP contribution in [0.15, 0.2) is 12.1 Å². The van der Waals surface area contributed by atoms with Gasteiger partial charge in [-0.05, 0) is 38.3 Å². The molecule has 0 radical (unpaired) electrons. The SMILES string of the molecule is Cc1cc(C(=N)N)cc(N(C)CCCCCO)n1. The molecule has 0 aliphatic carbocycles. The number of nitrogens with one attached hydrogen (secondary N) is 1. The number of aliphatic hydroxyl groups excluding tert-OH is 1. The van der Waals surface area contributed by atoms with Gasteiger partial charge in [0.2, 0.25) is 0 Å². The normalized spacial score (nSPS) is 10.4. The fourth-order valence-electron chi connectivity index (χ4n) is 1.75. The van der Waals surface area contributed by atoms with Gasteiger partial charge in [0.1, 0.15) is 11.7 Å². The summed E-state index contributed by atoms with van der Waals surface area (Å²) in [5.74, 6) is 0.902. The second-order valence-electron chi connectivity index (χ2n) is 4.47. The number of nitrogen functional groups attached to an aromatic ring is 1. The van der Waals surface area contributed by atoms with Gasteiger partial charge < -0.3 is 15.7 Å². The zero-order valence-electron chi connectivity index (χ0n) is 11.1. The number of anilines is 1. The Kier molecular flexibility index (Phi) is 5.58. The number of nitrogens with two attached hydrogens (primary N) is 1. The van der Waals surface area contributed by atoms with Crippen molar-refractivity contribution in [3.8, 4) is 0 Å². The minimum atomic E-state index is 0.0652. The highest BCUT2D eigenvalue weighted by Gasteiger charge is 2.06. The number of aromatic nitrogens is 1. The summed E-state index contributed by atoms with van der Waals surface area (Å²) in [4.78, 5) is 6.49. The maximum atomic E-state index is 8.72. The zero-order chi connectivity index (χ0) is 13.5. The molecule has 0 bridgehead atoms. The number of aliphatic hydroxyl groups is 1. The Bertz CT molecular complexity index is 406. The molecule has 0 amide bonds. The van der Waals surface area contributed by atoms with Crippen LogP contribution in [-0.2, 0) is 0 Å². The number of hydrogen-bond donors (Lipinski definition) is 3. The summed E-state index contributed by atoms with van der Waals surface area (Å²) >= 11 is 0. The van der Waals surface area contributed by atoms with Crippen LogP contribution in [0, 0.1) is 12.3 Å². The Balaban J connectivity index is 2.67. The molecule has 1 heterocycles. The number of amidine groups is 1. The average Bonchev–Trinajstić information content (AvgIpc) is 2.33. The van der Waals surface area contributed by atoms with Crippen molar-refractivity contribution in [2.75, 3.05) is 25.1 Å². The van der Waals surface area contributed by atoms with Crippen molar-refractivity contribution in [1.82, 2.24) is 4.98 Å². The lowest BCUT2D eigenvalue weighted by Crippen LogP contribution is -2.21. The highest BCUT2D eigenvalue weighted by atomic mass is 16.2. The van der Waals surface area contributed by atoms with Crippen LogP contribution in [0.3, 0.4) is 0 Å². The zero-order valence-corrected chi connectivity index (χ0v) is 11.1. The van der Waals surface area contributed by atoms with Gasteiger partial charge in [0.05, 0.1) is 0 Å². The molecule has 0 aromatic carbocycles. The molecule has 0 atom stereocenters. The molecule has 0 aliphatic rings. The van der Waals surface area contributed by atoms with Crippen molar-refractivity contribution < 1.29 is 5.11 Å². The van der Waals surface area contributed by atoms with Gasteiger partial charge in [0.25, 0.3) is 0 Å². The Morgan fingerprint density at radius 2 is 2.11 bits per heavy atom. The minimum Gasteiger partial charge on any atom is -0.396 e. The van der Waals surface area contributed by atoms with Crippen molar-refractivity contribution in [3.63, 3.8) is 0 Å². The molecule has 0 fully saturated rings. The van der Waals surface area contributed by atoms with Crippen LogP contribution in [0.4, 0.5) is 5.82 Å². The van der Waals surface area contributed by atoms with E-state index in [2.05, 4.69) is 9.88 Å². The van der Waals surface area contributed by atoms with Crippen LogP contribution in [-0.4, -0.2) is 36.1 Å². The quantitative estimate of drug-likeness (QED) is 0.386. The Hall–Kier alpha value is -1.62. The van der Waals surface area contributed by atoms with E-state index in [4.69, 9.17) is 16.2 Å². The lowest BCUT2D eigenvalue weighted by molar-refractivity contribution is 0.283. The molecule has 0 saturated heterocycles. The van der Waals surface area contributed by atoms with Crippen molar-refractivity contribution in [1.29, 1.82) is 5.41 Å². The van der Waals surface area contributed by atoms with E-state index >= 15 is 0 Å². The van der Waals surface area contributed by atoms with Crippen molar-refractivity contribution in [3.05, 3.63) is 23.4 Å². The fraction of sp³-hybridized carbons (Fsp3) is 0.538. The van der Waals surface area contributed by atoms with E-state index in [9.17, 15) is 0 Å². The van der Waals surface area contributed by atoms with Gasteiger partial charge >= 0.3 is 0 Å². The summed E-state index contributed by atoms with van der Waals surface area (Å²) in [5.41, 5.74) is 7.07. The lowest BCUT2D eigenvalue weighted by Gasteiger charge is -2.19. The Morgan fingerprint density at radius 3 is 2.72 bits per heavy atom. The van der Waals surface area contributed by atoms with Crippen LogP contribution in [0.1, 0.15) is 30.5 Å². The summed E-state index contributed by atoms with van der Waals surface area (Å²) in [7, 11) is 1.98. The van der Waals surface area contributed by atoms with Crippen LogP contribution >= 0.6 is 0 Å². The van der Waals surface area contributed by atoms with E-state index in [0.29, 0.717) is 5.56 Å². The monoisotopic (exact) mass is 250 g/mol. The van der Waals surface area contributed by atoms with Gasteiger partial charge in [0.15, 0.2) is 0 Å². The van der Waals surface area contributed by atoms with E-state index in [-0.39, 0.29) is 12.4 Å². The number of rotatable bonds is 7. The predicted molar refractivity (Wildman–Crippen MR) is 74.2 cm³/mol. The maximum absolute atomic E-state index is 8.72. The van der Waals surface area contributed by atoms with E-state index < -0.39 is 0 Å². The average molecular weight is 250 g/mol. The molecule has 5 heteroatoms. The number of aryl methyl sites for hydroxylation is 1. The predicted octanol–water partition coefficient (Wildman–Crippen LogP) is 1.27. The number of hydrogen-bond acceptors (Lipinski definition) is 4. The molecule has 0 aliphatic heterocycles. The molecule has 5 nitrogen and oxygen atoms in total. The highest BCUT2D eigenvalue weighted by molar-refractivity contribution is 5.95. The van der Waals surface area contributed by atoms with E-state index in [1.54, 1.807) is 0 Å². The first kappa shape index (κ1) is 14.4. The van der Waals surface area contributed by atoms with Crippen LogP contribution in [0.5, 0.6) is 0 Å². The summed E-state index contributed by atoms with van der Waals surface area (Å²) in [6.07, 6.45) is 2.86. The molecule has 4 N–H and O–H groups in total. The third-order valence-electron chi connectivity index (χ3n) is 2.79. The molecule has 0 saturated carbocycles. The van der Waals surface area contributed by atoms with Crippen LogP contribution in [0.25, 0.3) is 0 Å². The first-order valence-corrected chi connectivity index (χ1v) is 6.19. The summed E-state index contributed by atoms with van der Waals surface area (Å²) in [6.45, 7) is 3.03. The molecular formula is C13H22N4O. The molecule has 1 aromatic heterocycles. The maximum Gasteiger partial charge on any atom is 0.129 e. The number of nitrogens with zero attached hydrogens (tertiary/aromatic N) is 2. The molecule has 18 heavy (non-hydrogen) atoms. The first-order chi connectivity index (χ1) is 8.54. The second-order valence-corrected chi connectivity index (χ2v) is 4.47. The third-order valence-corrected chi connectivity index (χ3v) is 2.79. The largest absolute Gasteiger partial charge is 0.396 e. The Morgan fingerprint density at radius 1 is 1.39 bits per heavy atom. The van der Waals surface area contributed by atoms with Gasteiger partial charge in [0, 0.05) is 31.5 Å². The summed E-state index contributed by atoms with van der Waals surface area (Å²) < 4.78 is 0. The van der Waals surface area contributed by atoms with Crippen molar-refractivity contribution in [2.24, 2.45) is 5.73 Å². The summed E-state index contributed by atoms with van der Waals surface area (Å²) in [6, 6.07) is 3.65. The Labute approximate surface area is 108 Å². The van der Waals surface area contributed by atoms with Crippen molar-refractivity contribution in [2.45, 2.75) is 26.2 Å². The standard InChI is InChI=1S/C13H22N4O/c1-10-8-11(13(14)15)9-12(16-10)17(2)6-4-3-5-7-18/h8-9,18H,3-7H2,1-2H3,(H3,14,15).